The number of carbonyl (C=O) groups is 1. The van der Waals surface area contributed by atoms with Crippen LogP contribution in [0.15, 0.2) is 43.0 Å². The van der Waals surface area contributed by atoms with Gasteiger partial charge in [-0.1, -0.05) is 12.1 Å². The number of imidazole rings is 1. The second kappa shape index (κ2) is 6.58. The molecule has 0 saturated heterocycles. The lowest BCUT2D eigenvalue weighted by Gasteiger charge is -2.11. The maximum Gasteiger partial charge on any atom is 0.253 e. The summed E-state index contributed by atoms with van der Waals surface area (Å²) in [5.41, 5.74) is 1.54. The van der Waals surface area contributed by atoms with Gasteiger partial charge in [-0.15, -0.1) is 0 Å². The van der Waals surface area contributed by atoms with Crippen molar-refractivity contribution in [1.29, 1.82) is 0 Å². The molecule has 0 fully saturated rings. The van der Waals surface area contributed by atoms with Crippen molar-refractivity contribution in [3.05, 3.63) is 48.5 Å². The van der Waals surface area contributed by atoms with E-state index in [1.165, 1.54) is 0 Å². The number of para-hydroxylation sites is 1. The van der Waals surface area contributed by atoms with Crippen LogP contribution in [0.3, 0.4) is 0 Å². The third-order valence-electron chi connectivity index (χ3n) is 2.75. The first-order valence-corrected chi connectivity index (χ1v) is 6.38. The van der Waals surface area contributed by atoms with Crippen molar-refractivity contribution in [1.82, 2.24) is 14.9 Å². The highest BCUT2D eigenvalue weighted by atomic mass is 16.1. The zero-order valence-electron chi connectivity index (χ0n) is 11.0. The Balaban J connectivity index is 1.92. The van der Waals surface area contributed by atoms with Crippen LogP contribution in [0.2, 0.25) is 0 Å². The van der Waals surface area contributed by atoms with E-state index in [0.717, 1.165) is 18.8 Å². The molecule has 100 valence electrons. The van der Waals surface area contributed by atoms with Gasteiger partial charge in [-0.3, -0.25) is 4.79 Å². The van der Waals surface area contributed by atoms with Gasteiger partial charge in [-0.2, -0.15) is 0 Å². The van der Waals surface area contributed by atoms with E-state index in [4.69, 9.17) is 0 Å². The lowest BCUT2D eigenvalue weighted by molar-refractivity contribution is 0.0953. The number of carbonyl (C=O) groups excluding carboxylic acids is 1. The van der Waals surface area contributed by atoms with Crippen molar-refractivity contribution < 1.29 is 4.79 Å². The number of hydrogen-bond donors (Lipinski definition) is 2. The maximum absolute atomic E-state index is 12.1. The Morgan fingerprint density at radius 3 is 2.95 bits per heavy atom. The third-order valence-corrected chi connectivity index (χ3v) is 2.75. The molecule has 2 rings (SSSR count). The Bertz CT molecular complexity index is 522. The normalized spacial score (nSPS) is 10.2. The standard InChI is InChI=1S/C14H18N4O/c1-2-16-13-6-4-3-5-12(13)14(19)17-8-10-18-9-7-15-11-18/h3-7,9,11,16H,2,8,10H2,1H3,(H,17,19). The topological polar surface area (TPSA) is 59.0 Å². The molecule has 0 radical (unpaired) electrons. The monoisotopic (exact) mass is 258 g/mol. The Morgan fingerprint density at radius 2 is 2.21 bits per heavy atom. The molecule has 1 aromatic heterocycles. The Hall–Kier alpha value is -2.30. The minimum absolute atomic E-state index is 0.0586. The molecular formula is C14H18N4O. The molecule has 19 heavy (non-hydrogen) atoms. The molecule has 0 atom stereocenters. The molecule has 5 heteroatoms. The van der Waals surface area contributed by atoms with Crippen LogP contribution in [0.4, 0.5) is 5.69 Å². The summed E-state index contributed by atoms with van der Waals surface area (Å²) >= 11 is 0. The van der Waals surface area contributed by atoms with Gasteiger partial charge in [-0.05, 0) is 19.1 Å². The number of anilines is 1. The van der Waals surface area contributed by atoms with Crippen LogP contribution in [0.25, 0.3) is 0 Å². The SMILES string of the molecule is CCNc1ccccc1C(=O)NCCn1ccnc1. The van der Waals surface area contributed by atoms with Crippen LogP contribution in [-0.2, 0) is 6.54 Å². The van der Waals surface area contributed by atoms with Gasteiger partial charge in [0.2, 0.25) is 0 Å². The summed E-state index contributed by atoms with van der Waals surface area (Å²) < 4.78 is 1.93. The van der Waals surface area contributed by atoms with Gasteiger partial charge in [0, 0.05) is 37.7 Å². The predicted molar refractivity (Wildman–Crippen MR) is 75.2 cm³/mol. The number of hydrogen-bond acceptors (Lipinski definition) is 3. The summed E-state index contributed by atoms with van der Waals surface area (Å²) in [6, 6.07) is 7.52. The number of rotatable bonds is 6. The summed E-state index contributed by atoms with van der Waals surface area (Å²) in [5, 5.41) is 6.09. The fourth-order valence-corrected chi connectivity index (χ4v) is 1.84. The van der Waals surface area contributed by atoms with E-state index >= 15 is 0 Å². The van der Waals surface area contributed by atoms with E-state index in [0.29, 0.717) is 12.1 Å². The van der Waals surface area contributed by atoms with Crippen LogP contribution in [-0.4, -0.2) is 28.5 Å². The van der Waals surface area contributed by atoms with Gasteiger partial charge in [0.1, 0.15) is 0 Å². The highest BCUT2D eigenvalue weighted by Crippen LogP contribution is 2.14. The first-order valence-electron chi connectivity index (χ1n) is 6.38. The van der Waals surface area contributed by atoms with Gasteiger partial charge in [0.05, 0.1) is 11.9 Å². The molecule has 0 aliphatic rings. The predicted octanol–water partition coefficient (Wildman–Crippen LogP) is 1.74. The molecule has 1 aromatic carbocycles. The summed E-state index contributed by atoms with van der Waals surface area (Å²) in [5.74, 6) is -0.0586. The molecule has 0 bridgehead atoms. The Kier molecular flexibility index (Phi) is 4.55. The van der Waals surface area contributed by atoms with E-state index in [-0.39, 0.29) is 5.91 Å². The minimum Gasteiger partial charge on any atom is -0.385 e. The quantitative estimate of drug-likeness (QED) is 0.830. The van der Waals surface area contributed by atoms with Gasteiger partial charge in [0.25, 0.3) is 5.91 Å². The molecule has 0 aliphatic heterocycles. The molecular weight excluding hydrogens is 240 g/mol. The van der Waals surface area contributed by atoms with Crippen LogP contribution in [0, 0.1) is 0 Å². The van der Waals surface area contributed by atoms with Crippen LogP contribution >= 0.6 is 0 Å². The van der Waals surface area contributed by atoms with Gasteiger partial charge >= 0.3 is 0 Å². The third kappa shape index (κ3) is 3.58. The molecule has 2 N–H and O–H groups in total. The van der Waals surface area contributed by atoms with Crippen molar-refractivity contribution in [3.63, 3.8) is 0 Å². The van der Waals surface area contributed by atoms with Crippen molar-refractivity contribution in [3.8, 4) is 0 Å². The molecule has 0 spiro atoms. The van der Waals surface area contributed by atoms with E-state index in [1.807, 2.05) is 42.0 Å². The van der Waals surface area contributed by atoms with E-state index in [1.54, 1.807) is 12.5 Å². The smallest absolute Gasteiger partial charge is 0.253 e. The average Bonchev–Trinajstić information content (AvgIpc) is 2.93. The highest BCUT2D eigenvalue weighted by Gasteiger charge is 2.09. The number of aromatic nitrogens is 2. The first-order chi connectivity index (χ1) is 9.31. The van der Waals surface area contributed by atoms with Gasteiger partial charge < -0.3 is 15.2 Å². The first kappa shape index (κ1) is 13.1. The second-order valence-corrected chi connectivity index (χ2v) is 4.13. The number of amides is 1. The van der Waals surface area contributed by atoms with Crippen LogP contribution in [0.1, 0.15) is 17.3 Å². The molecule has 0 unspecified atom stereocenters. The average molecular weight is 258 g/mol. The van der Waals surface area contributed by atoms with E-state index < -0.39 is 0 Å². The Morgan fingerprint density at radius 1 is 1.37 bits per heavy atom. The molecule has 1 amide bonds. The van der Waals surface area contributed by atoms with Crippen molar-refractivity contribution >= 4 is 11.6 Å². The molecule has 2 aromatic rings. The minimum atomic E-state index is -0.0586. The molecule has 1 heterocycles. The van der Waals surface area contributed by atoms with Gasteiger partial charge in [0.15, 0.2) is 0 Å². The zero-order valence-corrected chi connectivity index (χ0v) is 11.0. The summed E-state index contributed by atoms with van der Waals surface area (Å²) in [6.07, 6.45) is 5.33. The van der Waals surface area contributed by atoms with Crippen LogP contribution < -0.4 is 10.6 Å². The largest absolute Gasteiger partial charge is 0.385 e. The number of nitrogens with one attached hydrogen (secondary N) is 2. The second-order valence-electron chi connectivity index (χ2n) is 4.13. The molecule has 0 aliphatic carbocycles. The summed E-state index contributed by atoms with van der Waals surface area (Å²) in [7, 11) is 0. The maximum atomic E-state index is 12.1. The van der Waals surface area contributed by atoms with Crippen molar-refractivity contribution in [2.24, 2.45) is 0 Å². The summed E-state index contributed by atoms with van der Waals surface area (Å²) in [6.45, 7) is 4.10. The summed E-state index contributed by atoms with van der Waals surface area (Å²) in [4.78, 5) is 16.0. The van der Waals surface area contributed by atoms with E-state index in [2.05, 4.69) is 15.6 Å². The van der Waals surface area contributed by atoms with E-state index in [9.17, 15) is 4.79 Å². The van der Waals surface area contributed by atoms with Crippen molar-refractivity contribution in [2.75, 3.05) is 18.4 Å². The zero-order chi connectivity index (χ0) is 13.5. The van der Waals surface area contributed by atoms with Crippen LogP contribution in [0.5, 0.6) is 0 Å². The lowest BCUT2D eigenvalue weighted by Crippen LogP contribution is -2.27. The van der Waals surface area contributed by atoms with Crippen molar-refractivity contribution in [2.45, 2.75) is 13.5 Å². The lowest BCUT2D eigenvalue weighted by atomic mass is 10.1. The molecule has 5 nitrogen and oxygen atoms in total. The highest BCUT2D eigenvalue weighted by molar-refractivity contribution is 5.99. The number of benzene rings is 1. The van der Waals surface area contributed by atoms with Gasteiger partial charge in [-0.25, -0.2) is 4.98 Å². The fourth-order valence-electron chi connectivity index (χ4n) is 1.84. The Labute approximate surface area is 112 Å². The molecule has 0 saturated carbocycles. The number of nitrogens with zero attached hydrogens (tertiary/aromatic N) is 2. The fraction of sp³-hybridized carbons (Fsp3) is 0.286.